The molecule has 0 bridgehead atoms. The lowest BCUT2D eigenvalue weighted by atomic mass is 10.1. The number of aromatic nitrogens is 4. The Morgan fingerprint density at radius 3 is 2.69 bits per heavy atom. The quantitative estimate of drug-likeness (QED) is 0.593. The van der Waals surface area contributed by atoms with E-state index in [1.54, 1.807) is 37.4 Å². The topological polar surface area (TPSA) is 82.3 Å². The number of ether oxygens (including phenoxy) is 2. The molecule has 0 aliphatic carbocycles. The summed E-state index contributed by atoms with van der Waals surface area (Å²) >= 11 is 1.44. The zero-order valence-corrected chi connectivity index (χ0v) is 15.2. The van der Waals surface area contributed by atoms with Crippen molar-refractivity contribution in [1.82, 2.24) is 19.5 Å². The van der Waals surface area contributed by atoms with E-state index in [-0.39, 0.29) is 5.88 Å². The summed E-state index contributed by atoms with van der Waals surface area (Å²) < 4.78 is 12.1. The van der Waals surface area contributed by atoms with E-state index in [0.29, 0.717) is 27.7 Å². The SMILES string of the molecule is COc1cc(-c2cc(C)c3c(O)n(-c4nccs4)cc3n2)cnc1OC. The lowest BCUT2D eigenvalue weighted by molar-refractivity contribution is 0.343. The second-order valence-electron chi connectivity index (χ2n) is 5.66. The molecular formula is C18H16N4O3S. The van der Waals surface area contributed by atoms with Crippen molar-refractivity contribution in [3.8, 4) is 33.9 Å². The van der Waals surface area contributed by atoms with Gasteiger partial charge in [-0.2, -0.15) is 0 Å². The van der Waals surface area contributed by atoms with Crippen molar-refractivity contribution in [1.29, 1.82) is 0 Å². The highest BCUT2D eigenvalue weighted by molar-refractivity contribution is 7.12. The van der Waals surface area contributed by atoms with Gasteiger partial charge in [0.2, 0.25) is 5.88 Å². The van der Waals surface area contributed by atoms with E-state index in [2.05, 4.69) is 15.0 Å². The maximum absolute atomic E-state index is 10.6. The maximum Gasteiger partial charge on any atom is 0.256 e. The van der Waals surface area contributed by atoms with Gasteiger partial charge in [0.05, 0.1) is 30.8 Å². The number of methoxy groups -OCH3 is 2. The largest absolute Gasteiger partial charge is 0.494 e. The highest BCUT2D eigenvalue weighted by Gasteiger charge is 2.17. The van der Waals surface area contributed by atoms with Gasteiger partial charge in [0, 0.05) is 29.5 Å². The van der Waals surface area contributed by atoms with Gasteiger partial charge in [-0.25, -0.2) is 15.0 Å². The molecule has 0 saturated carbocycles. The number of hydrogen-bond acceptors (Lipinski definition) is 7. The van der Waals surface area contributed by atoms with E-state index in [9.17, 15) is 5.11 Å². The summed E-state index contributed by atoms with van der Waals surface area (Å²) in [6, 6.07) is 3.74. The molecule has 4 heterocycles. The van der Waals surface area contributed by atoms with Crippen LogP contribution in [0.2, 0.25) is 0 Å². The number of fused-ring (bicyclic) bond motifs is 1. The molecule has 132 valence electrons. The second kappa shape index (κ2) is 6.30. The average Bonchev–Trinajstić information content (AvgIpc) is 3.29. The third-order valence-electron chi connectivity index (χ3n) is 4.10. The molecule has 4 aromatic heterocycles. The molecule has 0 amide bonds. The van der Waals surface area contributed by atoms with Gasteiger partial charge < -0.3 is 14.6 Å². The summed E-state index contributed by atoms with van der Waals surface area (Å²) in [7, 11) is 3.11. The first-order valence-electron chi connectivity index (χ1n) is 7.82. The summed E-state index contributed by atoms with van der Waals surface area (Å²) in [5.74, 6) is 1.09. The highest BCUT2D eigenvalue weighted by atomic mass is 32.1. The summed E-state index contributed by atoms with van der Waals surface area (Å²) in [4.78, 5) is 13.2. The lowest BCUT2D eigenvalue weighted by Crippen LogP contribution is -1.95. The van der Waals surface area contributed by atoms with Crippen molar-refractivity contribution in [2.24, 2.45) is 0 Å². The molecule has 0 fully saturated rings. The lowest BCUT2D eigenvalue weighted by Gasteiger charge is -2.09. The first-order valence-corrected chi connectivity index (χ1v) is 8.70. The van der Waals surface area contributed by atoms with Crippen molar-refractivity contribution in [2.45, 2.75) is 6.92 Å². The molecule has 0 radical (unpaired) electrons. The monoisotopic (exact) mass is 368 g/mol. The van der Waals surface area contributed by atoms with Gasteiger partial charge in [-0.15, -0.1) is 11.3 Å². The van der Waals surface area contributed by atoms with E-state index in [4.69, 9.17) is 9.47 Å². The van der Waals surface area contributed by atoms with Gasteiger partial charge in [-0.1, -0.05) is 0 Å². The van der Waals surface area contributed by atoms with E-state index in [1.807, 2.05) is 24.4 Å². The fourth-order valence-corrected chi connectivity index (χ4v) is 3.50. The Bertz CT molecular complexity index is 1090. The molecule has 0 unspecified atom stereocenters. The Morgan fingerprint density at radius 2 is 2.00 bits per heavy atom. The van der Waals surface area contributed by atoms with Crippen LogP contribution >= 0.6 is 11.3 Å². The Labute approximate surface area is 153 Å². The van der Waals surface area contributed by atoms with Crippen LogP contribution in [0.3, 0.4) is 0 Å². The summed E-state index contributed by atoms with van der Waals surface area (Å²) in [5.41, 5.74) is 3.13. The van der Waals surface area contributed by atoms with E-state index < -0.39 is 0 Å². The molecule has 4 rings (SSSR count). The van der Waals surface area contributed by atoms with Crippen LogP contribution in [0, 0.1) is 6.92 Å². The average molecular weight is 368 g/mol. The molecule has 0 spiro atoms. The second-order valence-corrected chi connectivity index (χ2v) is 6.53. The van der Waals surface area contributed by atoms with Gasteiger partial charge >= 0.3 is 0 Å². The molecule has 0 aromatic carbocycles. The van der Waals surface area contributed by atoms with Gasteiger partial charge in [0.15, 0.2) is 10.9 Å². The molecule has 0 saturated heterocycles. The molecule has 0 aliphatic heterocycles. The number of thiazole rings is 1. The van der Waals surface area contributed by atoms with Gasteiger partial charge in [0.1, 0.15) is 0 Å². The zero-order valence-electron chi connectivity index (χ0n) is 14.4. The number of aromatic hydroxyl groups is 1. The van der Waals surface area contributed by atoms with Crippen molar-refractivity contribution in [3.63, 3.8) is 0 Å². The van der Waals surface area contributed by atoms with E-state index in [1.165, 1.54) is 11.3 Å². The maximum atomic E-state index is 10.6. The van der Waals surface area contributed by atoms with Crippen LogP contribution in [0.25, 0.3) is 27.3 Å². The van der Waals surface area contributed by atoms with Gasteiger partial charge in [0.25, 0.3) is 5.88 Å². The van der Waals surface area contributed by atoms with E-state index in [0.717, 1.165) is 16.8 Å². The standard InChI is InChI=1S/C18H16N4O3S/c1-10-6-12(11-7-14(24-2)16(25-3)20-8-11)21-13-9-22(17(23)15(10)13)18-19-4-5-26-18/h4-9,23H,1-3H3. The summed E-state index contributed by atoms with van der Waals surface area (Å²) in [6.07, 6.45) is 5.17. The normalized spacial score (nSPS) is 11.0. The molecule has 1 N–H and O–H groups in total. The molecule has 8 heteroatoms. The Balaban J connectivity index is 1.88. The van der Waals surface area contributed by atoms with Gasteiger partial charge in [-0.3, -0.25) is 4.57 Å². The predicted molar refractivity (Wildman–Crippen MR) is 99.5 cm³/mol. The molecular weight excluding hydrogens is 352 g/mol. The molecule has 7 nitrogen and oxygen atoms in total. The minimum Gasteiger partial charge on any atom is -0.494 e. The summed E-state index contributed by atoms with van der Waals surface area (Å²) in [6.45, 7) is 1.94. The first-order chi connectivity index (χ1) is 12.6. The van der Waals surface area contributed by atoms with Crippen LogP contribution in [-0.4, -0.2) is 38.8 Å². The van der Waals surface area contributed by atoms with Crippen molar-refractivity contribution < 1.29 is 14.6 Å². The predicted octanol–water partition coefficient (Wildman–Crippen LogP) is 3.58. The van der Waals surface area contributed by atoms with Gasteiger partial charge in [-0.05, 0) is 24.6 Å². The summed E-state index contributed by atoms with van der Waals surface area (Å²) in [5, 5.41) is 13.9. The minimum atomic E-state index is 0.136. The van der Waals surface area contributed by atoms with Crippen LogP contribution in [-0.2, 0) is 0 Å². The fourth-order valence-electron chi connectivity index (χ4n) is 2.89. The van der Waals surface area contributed by atoms with Crippen LogP contribution < -0.4 is 9.47 Å². The molecule has 4 aromatic rings. The fraction of sp³-hybridized carbons (Fsp3) is 0.167. The molecule has 0 aliphatic rings. The van der Waals surface area contributed by atoms with Crippen molar-refractivity contribution >= 4 is 22.2 Å². The number of aryl methyl sites for hydroxylation is 1. The minimum absolute atomic E-state index is 0.136. The third kappa shape index (κ3) is 2.55. The smallest absolute Gasteiger partial charge is 0.256 e. The molecule has 26 heavy (non-hydrogen) atoms. The highest BCUT2D eigenvalue weighted by Crippen LogP contribution is 2.35. The number of rotatable bonds is 4. The first kappa shape index (κ1) is 16.3. The van der Waals surface area contributed by atoms with Crippen molar-refractivity contribution in [2.75, 3.05) is 14.2 Å². The van der Waals surface area contributed by atoms with E-state index >= 15 is 0 Å². The van der Waals surface area contributed by atoms with Crippen LogP contribution in [0.1, 0.15) is 5.56 Å². The van der Waals surface area contributed by atoms with Crippen LogP contribution in [0.15, 0.2) is 36.1 Å². The Kier molecular flexibility index (Phi) is 3.96. The zero-order chi connectivity index (χ0) is 18.3. The third-order valence-corrected chi connectivity index (χ3v) is 4.87. The molecule has 0 atom stereocenters. The Hall–Kier alpha value is -3.13. The number of hydrogen-bond donors (Lipinski definition) is 1. The Morgan fingerprint density at radius 1 is 1.15 bits per heavy atom. The van der Waals surface area contributed by atoms with Crippen LogP contribution in [0.4, 0.5) is 0 Å². The number of nitrogens with zero attached hydrogens (tertiary/aromatic N) is 4. The van der Waals surface area contributed by atoms with Crippen molar-refractivity contribution in [3.05, 3.63) is 41.7 Å². The number of pyridine rings is 2. The van der Waals surface area contributed by atoms with Crippen LogP contribution in [0.5, 0.6) is 17.5 Å².